The molecule has 0 bridgehead atoms. The zero-order valence-corrected chi connectivity index (χ0v) is 12.7. The summed E-state index contributed by atoms with van der Waals surface area (Å²) in [6.07, 6.45) is 1.17. The first-order valence-corrected chi connectivity index (χ1v) is 7.15. The minimum atomic E-state index is 0.585. The van der Waals surface area contributed by atoms with Gasteiger partial charge in [-0.05, 0) is 46.0 Å². The van der Waals surface area contributed by atoms with Gasteiger partial charge in [0.2, 0.25) is 0 Å². The molecule has 0 saturated carbocycles. The van der Waals surface area contributed by atoms with E-state index in [0.29, 0.717) is 6.04 Å². The van der Waals surface area contributed by atoms with Crippen LogP contribution in [0.1, 0.15) is 17.7 Å². The fourth-order valence-electron chi connectivity index (χ4n) is 2.93. The Morgan fingerprint density at radius 3 is 2.70 bits per heavy atom. The van der Waals surface area contributed by atoms with Crippen molar-refractivity contribution >= 4 is 17.0 Å². The predicted molar refractivity (Wildman–Crippen MR) is 83.4 cm³/mol. The number of nitrogens with two attached hydrogens (primary N) is 1. The molecule has 1 atom stereocenters. The summed E-state index contributed by atoms with van der Waals surface area (Å²) in [4.78, 5) is 4.59. The van der Waals surface area contributed by atoms with Crippen molar-refractivity contribution in [1.29, 1.82) is 0 Å². The minimum Gasteiger partial charge on any atom is -0.394 e. The van der Waals surface area contributed by atoms with Crippen LogP contribution in [0.25, 0.3) is 5.52 Å². The largest absolute Gasteiger partial charge is 0.394 e. The van der Waals surface area contributed by atoms with Crippen molar-refractivity contribution < 1.29 is 0 Å². The van der Waals surface area contributed by atoms with Gasteiger partial charge in [-0.1, -0.05) is 6.07 Å². The number of fused-ring (bicyclic) bond motifs is 1. The number of likely N-dealkylation sites (N-methyl/N-ethyl adjacent to an activating group) is 1. The lowest BCUT2D eigenvalue weighted by atomic mass is 10.2. The number of hydrogen-bond donors (Lipinski definition) is 1. The predicted octanol–water partition coefficient (Wildman–Crippen LogP) is 1.67. The maximum absolute atomic E-state index is 6.32. The Hall–Kier alpha value is -1.75. The Kier molecular flexibility index (Phi) is 3.09. The monoisotopic (exact) mass is 273 g/mol. The molecule has 108 valence electrons. The molecule has 0 aromatic carbocycles. The first kappa shape index (κ1) is 13.2. The molecule has 1 saturated heterocycles. The van der Waals surface area contributed by atoms with Gasteiger partial charge in [0.05, 0.1) is 5.52 Å². The standard InChI is InChI=1S/C15H23N5/c1-10-5-6-13-14(16)15(17-20(13)11(10)2)19-8-7-12(9-19)18(3)4/h5-6,12H,7-9,16H2,1-4H3. The zero-order chi connectivity index (χ0) is 14.4. The molecule has 1 aliphatic heterocycles. The summed E-state index contributed by atoms with van der Waals surface area (Å²) < 4.78 is 1.98. The number of aryl methyl sites for hydroxylation is 2. The van der Waals surface area contributed by atoms with Gasteiger partial charge in [-0.3, -0.25) is 0 Å². The van der Waals surface area contributed by atoms with E-state index in [9.17, 15) is 0 Å². The molecule has 0 amide bonds. The van der Waals surface area contributed by atoms with Crippen molar-refractivity contribution in [2.75, 3.05) is 37.8 Å². The second-order valence-electron chi connectivity index (χ2n) is 5.99. The molecule has 0 aliphatic carbocycles. The van der Waals surface area contributed by atoms with Gasteiger partial charge >= 0.3 is 0 Å². The van der Waals surface area contributed by atoms with E-state index in [2.05, 4.69) is 49.9 Å². The van der Waals surface area contributed by atoms with Crippen LogP contribution in [-0.2, 0) is 0 Å². The number of anilines is 2. The number of aromatic nitrogens is 2. The summed E-state index contributed by atoms with van der Waals surface area (Å²) in [5.74, 6) is 0.933. The number of nitrogens with zero attached hydrogens (tertiary/aromatic N) is 4. The van der Waals surface area contributed by atoms with Crippen LogP contribution in [0.5, 0.6) is 0 Å². The highest BCUT2D eigenvalue weighted by Crippen LogP contribution is 2.31. The fraction of sp³-hybridized carbons (Fsp3) is 0.533. The van der Waals surface area contributed by atoms with Crippen LogP contribution in [0.2, 0.25) is 0 Å². The molecule has 20 heavy (non-hydrogen) atoms. The maximum atomic E-state index is 6.32. The van der Waals surface area contributed by atoms with Crippen LogP contribution in [-0.4, -0.2) is 47.7 Å². The van der Waals surface area contributed by atoms with Crippen molar-refractivity contribution in [1.82, 2.24) is 14.5 Å². The second kappa shape index (κ2) is 4.66. The summed E-state index contributed by atoms with van der Waals surface area (Å²) in [5.41, 5.74) is 10.5. The van der Waals surface area contributed by atoms with Crippen LogP contribution in [0.4, 0.5) is 11.5 Å². The zero-order valence-electron chi connectivity index (χ0n) is 12.7. The molecule has 1 unspecified atom stereocenters. The topological polar surface area (TPSA) is 49.8 Å². The first-order chi connectivity index (χ1) is 9.49. The Bertz CT molecular complexity index is 643. The molecule has 5 heteroatoms. The highest BCUT2D eigenvalue weighted by molar-refractivity contribution is 5.82. The number of hydrogen-bond acceptors (Lipinski definition) is 4. The molecule has 2 aromatic rings. The van der Waals surface area contributed by atoms with Gasteiger partial charge in [-0.25, -0.2) is 4.52 Å². The van der Waals surface area contributed by atoms with Gasteiger partial charge < -0.3 is 15.5 Å². The van der Waals surface area contributed by atoms with Gasteiger partial charge in [0.1, 0.15) is 5.69 Å². The van der Waals surface area contributed by atoms with Crippen molar-refractivity contribution in [2.45, 2.75) is 26.3 Å². The van der Waals surface area contributed by atoms with E-state index in [0.717, 1.165) is 35.8 Å². The van der Waals surface area contributed by atoms with Gasteiger partial charge in [0, 0.05) is 24.8 Å². The smallest absolute Gasteiger partial charge is 0.175 e. The highest BCUT2D eigenvalue weighted by Gasteiger charge is 2.27. The molecule has 0 radical (unpaired) electrons. The van der Waals surface area contributed by atoms with E-state index >= 15 is 0 Å². The lowest BCUT2D eigenvalue weighted by Gasteiger charge is -2.20. The highest BCUT2D eigenvalue weighted by atomic mass is 15.4. The Balaban J connectivity index is 2.01. The lowest BCUT2D eigenvalue weighted by Crippen LogP contribution is -2.31. The average Bonchev–Trinajstić information content (AvgIpc) is 2.99. The summed E-state index contributed by atoms with van der Waals surface area (Å²) in [6, 6.07) is 4.76. The van der Waals surface area contributed by atoms with E-state index in [4.69, 9.17) is 10.8 Å². The Labute approximate surface area is 120 Å². The molecule has 0 spiro atoms. The SMILES string of the molecule is Cc1ccc2c(N)c(N3CCC(N(C)C)C3)nn2c1C. The third kappa shape index (κ3) is 1.93. The van der Waals surface area contributed by atoms with E-state index in [-0.39, 0.29) is 0 Å². The third-order valence-corrected chi connectivity index (χ3v) is 4.51. The van der Waals surface area contributed by atoms with Crippen LogP contribution in [0, 0.1) is 13.8 Å². The second-order valence-corrected chi connectivity index (χ2v) is 5.99. The van der Waals surface area contributed by atoms with Gasteiger partial charge in [0.25, 0.3) is 0 Å². The van der Waals surface area contributed by atoms with E-state index in [1.807, 2.05) is 4.52 Å². The van der Waals surface area contributed by atoms with Gasteiger partial charge in [0.15, 0.2) is 5.82 Å². The molecule has 2 N–H and O–H groups in total. The number of rotatable bonds is 2. The Morgan fingerprint density at radius 1 is 1.30 bits per heavy atom. The first-order valence-electron chi connectivity index (χ1n) is 7.15. The summed E-state index contributed by atoms with van der Waals surface area (Å²) >= 11 is 0. The van der Waals surface area contributed by atoms with E-state index in [1.165, 1.54) is 12.0 Å². The summed E-state index contributed by atoms with van der Waals surface area (Å²) in [5, 5.41) is 4.75. The molecular weight excluding hydrogens is 250 g/mol. The Morgan fingerprint density at radius 2 is 2.05 bits per heavy atom. The molecule has 1 aliphatic rings. The van der Waals surface area contributed by atoms with Crippen LogP contribution < -0.4 is 10.6 Å². The number of nitrogen functional groups attached to an aromatic ring is 1. The summed E-state index contributed by atoms with van der Waals surface area (Å²) in [7, 11) is 4.27. The van der Waals surface area contributed by atoms with Crippen LogP contribution in [0.15, 0.2) is 12.1 Å². The van der Waals surface area contributed by atoms with Crippen molar-refractivity contribution in [3.63, 3.8) is 0 Å². The maximum Gasteiger partial charge on any atom is 0.175 e. The fourth-order valence-corrected chi connectivity index (χ4v) is 2.93. The quantitative estimate of drug-likeness (QED) is 0.904. The third-order valence-electron chi connectivity index (χ3n) is 4.51. The molecule has 3 heterocycles. The molecule has 2 aromatic heterocycles. The van der Waals surface area contributed by atoms with Crippen molar-refractivity contribution in [3.05, 3.63) is 23.4 Å². The molecule has 3 rings (SSSR count). The minimum absolute atomic E-state index is 0.585. The summed E-state index contributed by atoms with van der Waals surface area (Å²) in [6.45, 7) is 6.21. The van der Waals surface area contributed by atoms with Crippen LogP contribution in [0.3, 0.4) is 0 Å². The molecular formula is C15H23N5. The normalized spacial score (nSPS) is 19.4. The van der Waals surface area contributed by atoms with Crippen molar-refractivity contribution in [2.24, 2.45) is 0 Å². The van der Waals surface area contributed by atoms with Gasteiger partial charge in [-0.2, -0.15) is 0 Å². The van der Waals surface area contributed by atoms with Gasteiger partial charge in [-0.15, -0.1) is 5.10 Å². The van der Waals surface area contributed by atoms with Crippen molar-refractivity contribution in [3.8, 4) is 0 Å². The molecule has 5 nitrogen and oxygen atoms in total. The van der Waals surface area contributed by atoms with Crippen LogP contribution >= 0.6 is 0 Å². The number of pyridine rings is 1. The van der Waals surface area contributed by atoms with E-state index in [1.54, 1.807) is 0 Å². The van der Waals surface area contributed by atoms with E-state index < -0.39 is 0 Å². The molecule has 1 fully saturated rings. The average molecular weight is 273 g/mol. The lowest BCUT2D eigenvalue weighted by molar-refractivity contribution is 0.315.